The van der Waals surface area contributed by atoms with Crippen molar-refractivity contribution >= 4 is 16.7 Å². The van der Waals surface area contributed by atoms with Gasteiger partial charge in [-0.25, -0.2) is 28.4 Å². The molecule has 0 amide bonds. The van der Waals surface area contributed by atoms with Gasteiger partial charge in [-0.15, -0.1) is 5.10 Å². The summed E-state index contributed by atoms with van der Waals surface area (Å²) in [5.41, 5.74) is 1.98. The average molecular weight is 535 g/mol. The number of benzene rings is 1. The van der Waals surface area contributed by atoms with Crippen LogP contribution in [0, 0.1) is 29.6 Å². The number of nitrogens with zero attached hydrogens (tertiary/aromatic N) is 7. The first-order valence-corrected chi connectivity index (χ1v) is 12.8. The number of fused-ring (bicyclic) bond motifs is 1. The molecule has 1 aliphatic carbocycles. The monoisotopic (exact) mass is 534 g/mol. The molecule has 1 saturated carbocycles. The summed E-state index contributed by atoms with van der Waals surface area (Å²) < 4.78 is 42.7. The highest BCUT2D eigenvalue weighted by molar-refractivity contribution is 5.93. The van der Waals surface area contributed by atoms with E-state index < -0.39 is 23.8 Å². The second-order valence-electron chi connectivity index (χ2n) is 11.3. The first-order chi connectivity index (χ1) is 18.5. The summed E-state index contributed by atoms with van der Waals surface area (Å²) in [7, 11) is 0. The number of aromatic nitrogens is 6. The molecule has 3 heterocycles. The van der Waals surface area contributed by atoms with Crippen molar-refractivity contribution in [3.8, 4) is 6.07 Å². The van der Waals surface area contributed by atoms with Gasteiger partial charge in [-0.3, -0.25) is 0 Å². The third kappa shape index (κ3) is 5.28. The van der Waals surface area contributed by atoms with Crippen LogP contribution in [0.1, 0.15) is 67.6 Å². The van der Waals surface area contributed by atoms with Gasteiger partial charge in [-0.05, 0) is 60.9 Å². The lowest BCUT2D eigenvalue weighted by atomic mass is 9.87. The largest absolute Gasteiger partial charge is 0.369 e. The molecule has 39 heavy (non-hydrogen) atoms. The van der Waals surface area contributed by atoms with Gasteiger partial charge in [0.05, 0.1) is 16.8 Å². The molecule has 5 rings (SSSR count). The zero-order valence-electron chi connectivity index (χ0n) is 22.2. The Morgan fingerprint density at radius 1 is 1.18 bits per heavy atom. The fourth-order valence-electron chi connectivity index (χ4n) is 4.77. The zero-order valence-corrected chi connectivity index (χ0v) is 22.2. The predicted octanol–water partition coefficient (Wildman–Crippen LogP) is 5.52. The third-order valence-corrected chi connectivity index (χ3v) is 7.11. The number of hydrogen-bond donors (Lipinski definition) is 1. The highest BCUT2D eigenvalue weighted by Crippen LogP contribution is 2.48. The van der Waals surface area contributed by atoms with Gasteiger partial charge in [0.1, 0.15) is 23.8 Å². The van der Waals surface area contributed by atoms with Crippen LogP contribution in [0.3, 0.4) is 0 Å². The summed E-state index contributed by atoms with van der Waals surface area (Å²) in [4.78, 5) is 12.7. The lowest BCUT2D eigenvalue weighted by Crippen LogP contribution is -2.26. The van der Waals surface area contributed by atoms with E-state index in [0.717, 1.165) is 5.56 Å². The number of pyridine rings is 1. The zero-order chi connectivity index (χ0) is 27.9. The van der Waals surface area contributed by atoms with Gasteiger partial charge in [0.15, 0.2) is 0 Å². The van der Waals surface area contributed by atoms with E-state index in [-0.39, 0.29) is 5.41 Å². The quantitative estimate of drug-likeness (QED) is 0.297. The number of nitriles is 1. The van der Waals surface area contributed by atoms with Crippen molar-refractivity contribution in [3.05, 3.63) is 70.8 Å². The maximum atomic E-state index is 13.9. The molecule has 1 N–H and O–H groups in total. The maximum Gasteiger partial charge on any atom is 0.263 e. The number of halogens is 3. The van der Waals surface area contributed by atoms with Crippen molar-refractivity contribution in [2.45, 2.75) is 64.8 Å². The van der Waals surface area contributed by atoms with Crippen molar-refractivity contribution in [2.24, 2.45) is 5.41 Å². The molecule has 3 aromatic heterocycles. The second kappa shape index (κ2) is 9.91. The molecule has 0 spiro atoms. The molecule has 202 valence electrons. The minimum atomic E-state index is -2.56. The van der Waals surface area contributed by atoms with Crippen molar-refractivity contribution in [2.75, 3.05) is 11.9 Å². The van der Waals surface area contributed by atoms with E-state index in [1.807, 2.05) is 6.07 Å². The molecule has 4 aromatic rings. The van der Waals surface area contributed by atoms with Crippen LogP contribution in [0.4, 0.5) is 19.0 Å². The Morgan fingerprint density at radius 3 is 2.59 bits per heavy atom. The number of nitrogens with one attached hydrogen (secondary N) is 1. The van der Waals surface area contributed by atoms with E-state index in [1.165, 1.54) is 17.1 Å². The van der Waals surface area contributed by atoms with Crippen LogP contribution >= 0.6 is 0 Å². The van der Waals surface area contributed by atoms with E-state index in [1.54, 1.807) is 25.3 Å². The molecule has 0 unspecified atom stereocenters. The minimum absolute atomic E-state index is 0.00583. The normalized spacial score (nSPS) is 15.4. The van der Waals surface area contributed by atoms with Crippen LogP contribution in [-0.4, -0.2) is 42.9 Å². The Balaban J connectivity index is 1.59. The first kappa shape index (κ1) is 26.5. The summed E-state index contributed by atoms with van der Waals surface area (Å²) in [5, 5.41) is 22.3. The van der Waals surface area contributed by atoms with Crippen LogP contribution in [0.2, 0.25) is 0 Å². The highest BCUT2D eigenvalue weighted by Gasteiger charge is 2.54. The van der Waals surface area contributed by atoms with Gasteiger partial charge in [-0.2, -0.15) is 9.65 Å². The topological polar surface area (TPSA) is 105 Å². The number of hydrogen-bond acceptors (Lipinski definition) is 7. The molecule has 1 aromatic carbocycles. The maximum absolute atomic E-state index is 13.9. The number of anilines is 1. The number of aryl methyl sites for hydroxylation is 1. The smallest absolute Gasteiger partial charge is 0.263 e. The Morgan fingerprint density at radius 2 is 1.95 bits per heavy atom. The minimum Gasteiger partial charge on any atom is -0.369 e. The molecule has 0 bridgehead atoms. The lowest BCUT2D eigenvalue weighted by Gasteiger charge is -2.20. The summed E-state index contributed by atoms with van der Waals surface area (Å²) in [6.07, 6.45) is 1.42. The summed E-state index contributed by atoms with van der Waals surface area (Å²) in [6, 6.07) is 8.81. The van der Waals surface area contributed by atoms with Gasteiger partial charge in [-0.1, -0.05) is 32.1 Å². The van der Waals surface area contributed by atoms with Crippen LogP contribution < -0.4 is 5.32 Å². The average Bonchev–Trinajstić information content (AvgIpc) is 3.56. The van der Waals surface area contributed by atoms with Crippen molar-refractivity contribution in [3.63, 3.8) is 0 Å². The third-order valence-electron chi connectivity index (χ3n) is 7.11. The van der Waals surface area contributed by atoms with E-state index in [0.29, 0.717) is 65.0 Å². The van der Waals surface area contributed by atoms with Gasteiger partial charge in [0, 0.05) is 29.7 Å². The van der Waals surface area contributed by atoms with Crippen molar-refractivity contribution in [1.82, 2.24) is 29.9 Å². The van der Waals surface area contributed by atoms with Crippen LogP contribution in [0.15, 0.2) is 36.8 Å². The fourth-order valence-corrected chi connectivity index (χ4v) is 4.77. The van der Waals surface area contributed by atoms with Gasteiger partial charge in [0.25, 0.3) is 6.43 Å². The van der Waals surface area contributed by atoms with E-state index in [9.17, 15) is 18.4 Å². The van der Waals surface area contributed by atoms with Gasteiger partial charge >= 0.3 is 0 Å². The molecule has 8 nitrogen and oxygen atoms in total. The number of alkyl halides is 2. The van der Waals surface area contributed by atoms with Crippen LogP contribution in [0.5, 0.6) is 0 Å². The summed E-state index contributed by atoms with van der Waals surface area (Å²) in [6.45, 7) is 8.66. The van der Waals surface area contributed by atoms with E-state index in [2.05, 4.69) is 57.4 Å². The summed E-state index contributed by atoms with van der Waals surface area (Å²) in [5.74, 6) is -0.472. The molecule has 0 aliphatic heterocycles. The Bertz CT molecular complexity index is 1560. The van der Waals surface area contributed by atoms with Gasteiger partial charge < -0.3 is 5.32 Å². The molecule has 1 atom stereocenters. The Hall–Kier alpha value is -4.07. The molecular weight excluding hydrogens is 505 g/mol. The van der Waals surface area contributed by atoms with E-state index >= 15 is 0 Å². The fraction of sp³-hybridized carbons (Fsp3) is 0.429. The SMILES string of the molecule is Cc1nc(F)ccc1[C@H](Cc1cc(C#N)c2ncnc(NCC(C)(C)C)c2c1)c1cn(C2(C(F)F)CC2)nn1. The molecule has 1 fully saturated rings. The lowest BCUT2D eigenvalue weighted by molar-refractivity contribution is 0.0593. The van der Waals surface area contributed by atoms with Crippen molar-refractivity contribution < 1.29 is 13.2 Å². The summed E-state index contributed by atoms with van der Waals surface area (Å²) >= 11 is 0. The second-order valence-corrected chi connectivity index (χ2v) is 11.3. The van der Waals surface area contributed by atoms with Crippen LogP contribution in [-0.2, 0) is 12.0 Å². The van der Waals surface area contributed by atoms with Crippen molar-refractivity contribution in [1.29, 1.82) is 5.26 Å². The Kier molecular flexibility index (Phi) is 6.74. The highest BCUT2D eigenvalue weighted by atomic mass is 19.3. The molecular formula is C28H29F3N8. The molecule has 0 radical (unpaired) electrons. The molecule has 1 aliphatic rings. The number of rotatable bonds is 8. The van der Waals surface area contributed by atoms with Crippen LogP contribution in [0.25, 0.3) is 10.9 Å². The van der Waals surface area contributed by atoms with Gasteiger partial charge in [0.2, 0.25) is 5.95 Å². The molecule has 11 heteroatoms. The molecule has 0 saturated heterocycles. The first-order valence-electron chi connectivity index (χ1n) is 12.8. The predicted molar refractivity (Wildman–Crippen MR) is 140 cm³/mol. The van der Waals surface area contributed by atoms with E-state index in [4.69, 9.17) is 0 Å². The standard InChI is InChI=1S/C28H29F3N8/c1-16-19(5-6-23(29)36-16)20(22-13-39(38-37-22)28(7-8-28)26(30)31)10-17-9-18(12-32)24-21(11-17)25(35-15-34-24)33-14-27(2,3)4/h5-6,9,11,13,15,20,26H,7-8,10,14H2,1-4H3,(H,33,34,35)/t20-/m0/s1. The Labute approximate surface area is 224 Å².